The number of rotatable bonds is 2. The Kier molecular flexibility index (Phi) is 2.07. The van der Waals surface area contributed by atoms with Gasteiger partial charge in [-0.05, 0) is 17.7 Å². The van der Waals surface area contributed by atoms with Crippen LogP contribution in [0.1, 0.15) is 15.9 Å². The van der Waals surface area contributed by atoms with Crippen molar-refractivity contribution in [3.8, 4) is 5.75 Å². The van der Waals surface area contributed by atoms with Crippen molar-refractivity contribution in [3.63, 3.8) is 0 Å². The van der Waals surface area contributed by atoms with Crippen molar-refractivity contribution in [2.45, 2.75) is 13.2 Å². The summed E-state index contributed by atoms with van der Waals surface area (Å²) in [5.41, 5.74) is 1.21. The van der Waals surface area contributed by atoms with Gasteiger partial charge in [-0.25, -0.2) is 0 Å². The number of carbonyl (C=O) groups is 1. The summed E-state index contributed by atoms with van der Waals surface area (Å²) in [4.78, 5) is 11.1. The van der Waals surface area contributed by atoms with E-state index in [-0.39, 0.29) is 11.7 Å². The Bertz CT molecular complexity index is 379. The average Bonchev–Trinajstić information content (AvgIpc) is 2.47. The van der Waals surface area contributed by atoms with E-state index in [1.165, 1.54) is 12.1 Å². The smallest absolute Gasteiger partial charge is 0.387 e. The van der Waals surface area contributed by atoms with Crippen LogP contribution >= 0.6 is 0 Å². The van der Waals surface area contributed by atoms with E-state index in [2.05, 4.69) is 10.1 Å². The minimum Gasteiger partial charge on any atom is -0.435 e. The number of alkyl halides is 2. The molecule has 0 saturated carbocycles. The molecule has 5 heteroatoms. The Labute approximate surface area is 78.7 Å². The van der Waals surface area contributed by atoms with Gasteiger partial charge in [0, 0.05) is 12.1 Å². The molecule has 0 atom stereocenters. The highest BCUT2D eigenvalue weighted by molar-refractivity contribution is 5.98. The topological polar surface area (TPSA) is 38.3 Å². The van der Waals surface area contributed by atoms with E-state index in [9.17, 15) is 13.6 Å². The highest BCUT2D eigenvalue weighted by Gasteiger charge is 2.19. The van der Waals surface area contributed by atoms with Crippen LogP contribution in [0.15, 0.2) is 18.2 Å². The van der Waals surface area contributed by atoms with Crippen molar-refractivity contribution in [2.75, 3.05) is 0 Å². The molecule has 2 rings (SSSR count). The largest absolute Gasteiger partial charge is 0.435 e. The second-order valence-electron chi connectivity index (χ2n) is 2.88. The molecular weight excluding hydrogens is 192 g/mol. The Morgan fingerprint density at radius 3 is 2.93 bits per heavy atom. The highest BCUT2D eigenvalue weighted by atomic mass is 19.3. The first kappa shape index (κ1) is 8.93. The predicted octanol–water partition coefficient (Wildman–Crippen LogP) is 1.53. The third-order valence-corrected chi connectivity index (χ3v) is 1.99. The van der Waals surface area contributed by atoms with Crippen molar-refractivity contribution < 1.29 is 18.3 Å². The van der Waals surface area contributed by atoms with E-state index in [1.807, 2.05) is 0 Å². The molecule has 1 heterocycles. The van der Waals surface area contributed by atoms with Crippen molar-refractivity contribution in [3.05, 3.63) is 29.3 Å². The van der Waals surface area contributed by atoms with Crippen LogP contribution in [0.3, 0.4) is 0 Å². The van der Waals surface area contributed by atoms with E-state index in [0.29, 0.717) is 12.1 Å². The summed E-state index contributed by atoms with van der Waals surface area (Å²) < 4.78 is 27.9. The first-order valence-electron chi connectivity index (χ1n) is 4.03. The lowest BCUT2D eigenvalue weighted by atomic mass is 10.1. The summed E-state index contributed by atoms with van der Waals surface area (Å²) in [6.45, 7) is -2.42. The van der Waals surface area contributed by atoms with Crippen LogP contribution in [-0.4, -0.2) is 12.5 Å². The van der Waals surface area contributed by atoms with Gasteiger partial charge in [-0.3, -0.25) is 4.79 Å². The number of fused-ring (bicyclic) bond motifs is 1. The zero-order chi connectivity index (χ0) is 10.1. The summed E-state index contributed by atoms with van der Waals surface area (Å²) in [5, 5.41) is 2.58. The van der Waals surface area contributed by atoms with Gasteiger partial charge >= 0.3 is 6.61 Å². The Hall–Kier alpha value is -1.65. The van der Waals surface area contributed by atoms with Gasteiger partial charge in [0.25, 0.3) is 5.91 Å². The van der Waals surface area contributed by atoms with Gasteiger partial charge in [0.15, 0.2) is 0 Å². The number of hydrogen-bond acceptors (Lipinski definition) is 2. The van der Waals surface area contributed by atoms with Crippen LogP contribution in [0, 0.1) is 0 Å². The van der Waals surface area contributed by atoms with E-state index >= 15 is 0 Å². The zero-order valence-corrected chi connectivity index (χ0v) is 7.09. The number of hydrogen-bond donors (Lipinski definition) is 1. The Morgan fingerprint density at radius 2 is 2.21 bits per heavy atom. The van der Waals surface area contributed by atoms with Crippen molar-refractivity contribution in [2.24, 2.45) is 0 Å². The summed E-state index contributed by atoms with van der Waals surface area (Å²) in [5.74, 6) is -0.240. The normalized spacial score (nSPS) is 14.1. The molecule has 0 aliphatic carbocycles. The molecule has 0 aromatic heterocycles. The zero-order valence-electron chi connectivity index (χ0n) is 7.09. The number of ether oxygens (including phenoxy) is 1. The van der Waals surface area contributed by atoms with E-state index in [1.54, 1.807) is 6.07 Å². The van der Waals surface area contributed by atoms with Gasteiger partial charge in [-0.1, -0.05) is 6.07 Å². The standard InChI is InChI=1S/C9H7F2NO2/c10-9(11)14-6-2-1-5-4-12-8(13)7(5)3-6/h1-3,9H,4H2,(H,12,13). The molecule has 1 aliphatic rings. The van der Waals surface area contributed by atoms with Gasteiger partial charge in [-0.15, -0.1) is 0 Å². The molecule has 0 unspecified atom stereocenters. The van der Waals surface area contributed by atoms with E-state index in [0.717, 1.165) is 5.56 Å². The third kappa shape index (κ3) is 1.53. The van der Waals surface area contributed by atoms with Crippen LogP contribution in [0.2, 0.25) is 0 Å². The van der Waals surface area contributed by atoms with Gasteiger partial charge < -0.3 is 10.1 Å². The monoisotopic (exact) mass is 199 g/mol. The second-order valence-corrected chi connectivity index (χ2v) is 2.88. The van der Waals surface area contributed by atoms with Crippen LogP contribution in [0.4, 0.5) is 8.78 Å². The predicted molar refractivity (Wildman–Crippen MR) is 44.2 cm³/mol. The maximum absolute atomic E-state index is 11.8. The fourth-order valence-electron chi connectivity index (χ4n) is 1.37. The minimum absolute atomic E-state index is 0.0100. The lowest BCUT2D eigenvalue weighted by molar-refractivity contribution is -0.0498. The lowest BCUT2D eigenvalue weighted by Gasteiger charge is -2.04. The number of halogens is 2. The lowest BCUT2D eigenvalue weighted by Crippen LogP contribution is -2.12. The first-order valence-corrected chi connectivity index (χ1v) is 4.03. The molecule has 14 heavy (non-hydrogen) atoms. The van der Waals surface area contributed by atoms with E-state index < -0.39 is 6.61 Å². The maximum Gasteiger partial charge on any atom is 0.387 e. The van der Waals surface area contributed by atoms with Crippen molar-refractivity contribution >= 4 is 5.91 Å². The first-order chi connectivity index (χ1) is 6.66. The molecule has 0 radical (unpaired) electrons. The van der Waals surface area contributed by atoms with Gasteiger partial charge in [0.2, 0.25) is 0 Å². The fraction of sp³-hybridized carbons (Fsp3) is 0.222. The van der Waals surface area contributed by atoms with Crippen LogP contribution in [0.5, 0.6) is 5.75 Å². The van der Waals surface area contributed by atoms with Crippen LogP contribution in [0.25, 0.3) is 0 Å². The van der Waals surface area contributed by atoms with Gasteiger partial charge in [-0.2, -0.15) is 8.78 Å². The van der Waals surface area contributed by atoms with Crippen LogP contribution in [-0.2, 0) is 6.54 Å². The number of carbonyl (C=O) groups excluding carboxylic acids is 1. The molecule has 0 spiro atoms. The summed E-state index contributed by atoms with van der Waals surface area (Å²) in [6.07, 6.45) is 0. The highest BCUT2D eigenvalue weighted by Crippen LogP contribution is 2.22. The van der Waals surface area contributed by atoms with Gasteiger partial charge in [0.1, 0.15) is 5.75 Å². The van der Waals surface area contributed by atoms with Crippen molar-refractivity contribution in [1.82, 2.24) is 5.32 Å². The molecule has 1 aromatic rings. The summed E-state index contributed by atoms with van der Waals surface area (Å²) >= 11 is 0. The van der Waals surface area contributed by atoms with Crippen LogP contribution < -0.4 is 10.1 Å². The number of benzene rings is 1. The molecule has 1 amide bonds. The van der Waals surface area contributed by atoms with E-state index in [4.69, 9.17) is 0 Å². The fourth-order valence-corrected chi connectivity index (χ4v) is 1.37. The van der Waals surface area contributed by atoms with Crippen molar-refractivity contribution in [1.29, 1.82) is 0 Å². The SMILES string of the molecule is O=C1NCc2ccc(OC(F)F)cc21. The molecule has 0 bridgehead atoms. The molecule has 0 saturated heterocycles. The Balaban J connectivity index is 2.30. The Morgan fingerprint density at radius 1 is 1.43 bits per heavy atom. The molecule has 0 fully saturated rings. The minimum atomic E-state index is -2.86. The molecule has 3 nitrogen and oxygen atoms in total. The molecule has 1 N–H and O–H groups in total. The van der Waals surface area contributed by atoms with Gasteiger partial charge in [0.05, 0.1) is 0 Å². The molecule has 1 aliphatic heterocycles. The molecular formula is C9H7F2NO2. The summed E-state index contributed by atoms with van der Waals surface area (Å²) in [7, 11) is 0. The second kappa shape index (κ2) is 3.25. The molecule has 1 aromatic carbocycles. The summed E-state index contributed by atoms with van der Waals surface area (Å²) in [6, 6.07) is 4.35. The maximum atomic E-state index is 11.8. The molecule has 74 valence electrons. The third-order valence-electron chi connectivity index (χ3n) is 1.99. The number of nitrogens with one attached hydrogen (secondary N) is 1. The quantitative estimate of drug-likeness (QED) is 0.784. The number of amides is 1. The average molecular weight is 199 g/mol.